The Morgan fingerprint density at radius 3 is 2.74 bits per heavy atom. The summed E-state index contributed by atoms with van der Waals surface area (Å²) in [4.78, 5) is 10.6. The highest BCUT2D eigenvalue weighted by atomic mass is 15.2. The van der Waals surface area contributed by atoms with Crippen molar-refractivity contribution < 1.29 is 0 Å². The van der Waals surface area contributed by atoms with Crippen molar-refractivity contribution in [2.45, 2.75) is 44.1 Å². The predicted octanol–water partition coefficient (Wildman–Crippen LogP) is 3.29. The second kappa shape index (κ2) is 4.64. The smallest absolute Gasteiger partial charge is 0.0913 e. The van der Waals surface area contributed by atoms with E-state index in [0.29, 0.717) is 5.92 Å². The van der Waals surface area contributed by atoms with Gasteiger partial charge in [0, 0.05) is 18.4 Å². The molecule has 0 radical (unpaired) electrons. The van der Waals surface area contributed by atoms with Gasteiger partial charge in [0.05, 0.1) is 11.0 Å². The number of nitrogens with zero attached hydrogens (tertiary/aromatic N) is 2. The van der Waals surface area contributed by atoms with Crippen LogP contribution in [0.2, 0.25) is 0 Å². The molecule has 1 N–H and O–H groups in total. The van der Waals surface area contributed by atoms with Gasteiger partial charge in [-0.05, 0) is 68.8 Å². The van der Waals surface area contributed by atoms with Crippen molar-refractivity contribution in [2.24, 2.45) is 0 Å². The highest BCUT2D eigenvalue weighted by Gasteiger charge is 2.30. The number of aromatic amines is 1. The first-order valence-corrected chi connectivity index (χ1v) is 7.58. The lowest BCUT2D eigenvalue weighted by molar-refractivity contribution is 0.0870. The molecule has 100 valence electrons. The molecule has 2 aromatic heterocycles. The fourth-order valence-electron chi connectivity index (χ4n) is 3.74. The van der Waals surface area contributed by atoms with E-state index < -0.39 is 0 Å². The average molecular weight is 255 g/mol. The molecule has 2 aromatic rings. The molecule has 2 aliphatic rings. The zero-order valence-electron chi connectivity index (χ0n) is 11.3. The molecule has 3 heteroatoms. The first kappa shape index (κ1) is 11.5. The van der Waals surface area contributed by atoms with Gasteiger partial charge in [-0.25, -0.2) is 0 Å². The number of rotatable bonds is 2. The number of pyridine rings is 1. The minimum Gasteiger partial charge on any atom is -0.360 e. The van der Waals surface area contributed by atoms with Crippen molar-refractivity contribution in [3.63, 3.8) is 0 Å². The molecule has 3 heterocycles. The van der Waals surface area contributed by atoms with E-state index >= 15 is 0 Å². The molecule has 3 nitrogen and oxygen atoms in total. The van der Waals surface area contributed by atoms with Crippen LogP contribution in [0.4, 0.5) is 0 Å². The van der Waals surface area contributed by atoms with E-state index in [9.17, 15) is 0 Å². The summed E-state index contributed by atoms with van der Waals surface area (Å²) in [5.41, 5.74) is 3.81. The predicted molar refractivity (Wildman–Crippen MR) is 77.3 cm³/mol. The molecule has 4 rings (SSSR count). The molecule has 19 heavy (non-hydrogen) atoms. The molecule has 1 aliphatic carbocycles. The molecule has 0 atom stereocenters. The van der Waals surface area contributed by atoms with Crippen LogP contribution in [0.15, 0.2) is 24.5 Å². The molecule has 0 amide bonds. The minimum atomic E-state index is 0.709. The van der Waals surface area contributed by atoms with Gasteiger partial charge in [0.1, 0.15) is 0 Å². The van der Waals surface area contributed by atoms with E-state index in [1.54, 1.807) is 0 Å². The quantitative estimate of drug-likeness (QED) is 0.893. The van der Waals surface area contributed by atoms with Crippen LogP contribution in [0.25, 0.3) is 11.0 Å². The second-order valence-corrected chi connectivity index (χ2v) is 6.04. The van der Waals surface area contributed by atoms with Gasteiger partial charge in [0.15, 0.2) is 0 Å². The highest BCUT2D eigenvalue weighted by molar-refractivity contribution is 5.79. The number of likely N-dealkylation sites (tertiary alicyclic amines) is 1. The van der Waals surface area contributed by atoms with Gasteiger partial charge in [-0.2, -0.15) is 0 Å². The van der Waals surface area contributed by atoms with E-state index in [1.807, 2.05) is 12.3 Å². The van der Waals surface area contributed by atoms with E-state index in [2.05, 4.69) is 27.1 Å². The number of fused-ring (bicyclic) bond motifs is 1. The molecule has 2 fully saturated rings. The highest BCUT2D eigenvalue weighted by Crippen LogP contribution is 2.38. The van der Waals surface area contributed by atoms with Gasteiger partial charge in [0.25, 0.3) is 0 Å². The summed E-state index contributed by atoms with van der Waals surface area (Å²) in [6.45, 7) is 2.67. The number of nitrogens with one attached hydrogen (secondary N) is 1. The van der Waals surface area contributed by atoms with Crippen LogP contribution in [-0.4, -0.2) is 34.0 Å². The summed E-state index contributed by atoms with van der Waals surface area (Å²) in [7, 11) is 0. The Balaban J connectivity index is 1.51. The van der Waals surface area contributed by atoms with Crippen LogP contribution in [0.1, 0.15) is 43.6 Å². The third-order valence-electron chi connectivity index (χ3n) is 5.01. The third kappa shape index (κ3) is 1.96. The standard InChI is InChI=1S/C16H21N3/c1-3-15-16(17-8-1)14(11-18-15)12-4-6-13(7-5-12)19-9-2-10-19/h1,3,8,11-13,18H,2,4-7,9-10H2. The molecular weight excluding hydrogens is 234 g/mol. The lowest BCUT2D eigenvalue weighted by atomic mass is 9.81. The van der Waals surface area contributed by atoms with Crippen LogP contribution in [0.5, 0.6) is 0 Å². The fourth-order valence-corrected chi connectivity index (χ4v) is 3.74. The van der Waals surface area contributed by atoms with Crippen LogP contribution in [0.3, 0.4) is 0 Å². The van der Waals surface area contributed by atoms with Gasteiger partial charge in [-0.15, -0.1) is 0 Å². The summed E-state index contributed by atoms with van der Waals surface area (Å²) < 4.78 is 0. The zero-order chi connectivity index (χ0) is 12.7. The maximum Gasteiger partial charge on any atom is 0.0913 e. The largest absolute Gasteiger partial charge is 0.360 e. The number of hydrogen-bond donors (Lipinski definition) is 1. The van der Waals surface area contributed by atoms with E-state index in [1.165, 1.54) is 61.8 Å². The first-order valence-electron chi connectivity index (χ1n) is 7.58. The Bertz CT molecular complexity index is 562. The van der Waals surface area contributed by atoms with E-state index in [4.69, 9.17) is 0 Å². The summed E-state index contributed by atoms with van der Waals surface area (Å²) in [5, 5.41) is 0. The molecule has 0 spiro atoms. The Morgan fingerprint density at radius 1 is 1.16 bits per heavy atom. The van der Waals surface area contributed by atoms with Crippen molar-refractivity contribution in [1.29, 1.82) is 0 Å². The molecule has 0 aromatic carbocycles. The normalized spacial score (nSPS) is 28.4. The molecule has 0 bridgehead atoms. The maximum absolute atomic E-state index is 4.56. The minimum absolute atomic E-state index is 0.709. The van der Waals surface area contributed by atoms with Crippen molar-refractivity contribution in [2.75, 3.05) is 13.1 Å². The molecular formula is C16H21N3. The Labute approximate surface area is 114 Å². The van der Waals surface area contributed by atoms with Gasteiger partial charge < -0.3 is 9.88 Å². The topological polar surface area (TPSA) is 31.9 Å². The summed E-state index contributed by atoms with van der Waals surface area (Å²) >= 11 is 0. The maximum atomic E-state index is 4.56. The summed E-state index contributed by atoms with van der Waals surface area (Å²) in [5.74, 6) is 0.709. The zero-order valence-corrected chi connectivity index (χ0v) is 11.3. The number of hydrogen-bond acceptors (Lipinski definition) is 2. The van der Waals surface area contributed by atoms with E-state index in [0.717, 1.165) is 6.04 Å². The lowest BCUT2D eigenvalue weighted by Crippen LogP contribution is -2.46. The van der Waals surface area contributed by atoms with Gasteiger partial charge in [-0.1, -0.05) is 0 Å². The molecule has 1 saturated carbocycles. The lowest BCUT2D eigenvalue weighted by Gasteiger charge is -2.42. The van der Waals surface area contributed by atoms with Gasteiger partial charge >= 0.3 is 0 Å². The van der Waals surface area contributed by atoms with Crippen molar-refractivity contribution >= 4 is 11.0 Å². The third-order valence-corrected chi connectivity index (χ3v) is 5.01. The van der Waals surface area contributed by atoms with Crippen LogP contribution < -0.4 is 0 Å². The van der Waals surface area contributed by atoms with Crippen molar-refractivity contribution in [3.8, 4) is 0 Å². The van der Waals surface area contributed by atoms with Crippen LogP contribution in [-0.2, 0) is 0 Å². The van der Waals surface area contributed by atoms with Crippen molar-refractivity contribution in [3.05, 3.63) is 30.1 Å². The first-order chi connectivity index (χ1) is 9.42. The SMILES string of the molecule is c1cnc2c(C3CCC(N4CCC4)CC3)c[nH]c2c1. The molecule has 0 unspecified atom stereocenters. The molecule has 1 saturated heterocycles. The Hall–Kier alpha value is -1.35. The van der Waals surface area contributed by atoms with E-state index in [-0.39, 0.29) is 0 Å². The van der Waals surface area contributed by atoms with Gasteiger partial charge in [-0.3, -0.25) is 4.98 Å². The number of aromatic nitrogens is 2. The summed E-state index contributed by atoms with van der Waals surface area (Å²) in [6.07, 6.45) is 10.9. The van der Waals surface area contributed by atoms with Crippen molar-refractivity contribution in [1.82, 2.24) is 14.9 Å². The fraction of sp³-hybridized carbons (Fsp3) is 0.562. The Kier molecular flexibility index (Phi) is 2.80. The Morgan fingerprint density at radius 2 is 2.00 bits per heavy atom. The molecule has 1 aliphatic heterocycles. The van der Waals surface area contributed by atoms with Crippen LogP contribution >= 0.6 is 0 Å². The second-order valence-electron chi connectivity index (χ2n) is 6.04. The number of H-pyrrole nitrogens is 1. The van der Waals surface area contributed by atoms with Gasteiger partial charge in [0.2, 0.25) is 0 Å². The average Bonchev–Trinajstić information content (AvgIpc) is 2.82. The van der Waals surface area contributed by atoms with Crippen LogP contribution in [0, 0.1) is 0 Å². The monoisotopic (exact) mass is 255 g/mol. The summed E-state index contributed by atoms with van der Waals surface area (Å²) in [6, 6.07) is 4.99.